The molecule has 1 saturated heterocycles. The van der Waals surface area contributed by atoms with Crippen LogP contribution < -0.4 is 5.73 Å². The number of nitrogens with zero attached hydrogens (tertiary/aromatic N) is 3. The first kappa shape index (κ1) is 13.2. The summed E-state index contributed by atoms with van der Waals surface area (Å²) >= 11 is 0. The number of hydrogen-bond acceptors (Lipinski definition) is 5. The molecule has 0 spiro atoms. The Balaban J connectivity index is 1.69. The second-order valence-electron chi connectivity index (χ2n) is 5.16. The van der Waals surface area contributed by atoms with Crippen LogP contribution in [0.4, 0.5) is 4.39 Å². The molecule has 1 unspecified atom stereocenters. The van der Waals surface area contributed by atoms with Crippen LogP contribution in [0.3, 0.4) is 0 Å². The zero-order valence-corrected chi connectivity index (χ0v) is 11.1. The van der Waals surface area contributed by atoms with E-state index in [2.05, 4.69) is 15.0 Å². The summed E-state index contributed by atoms with van der Waals surface area (Å²) in [4.78, 5) is 6.58. The van der Waals surface area contributed by atoms with Crippen LogP contribution in [-0.2, 0) is 6.54 Å². The minimum Gasteiger partial charge on any atom is -0.334 e. The van der Waals surface area contributed by atoms with Crippen LogP contribution in [0.2, 0.25) is 0 Å². The van der Waals surface area contributed by atoms with Gasteiger partial charge in [0.05, 0.1) is 6.54 Å². The highest BCUT2D eigenvalue weighted by Crippen LogP contribution is 2.18. The van der Waals surface area contributed by atoms with Crippen molar-refractivity contribution in [2.45, 2.75) is 25.4 Å². The van der Waals surface area contributed by atoms with Crippen molar-refractivity contribution < 1.29 is 8.91 Å². The van der Waals surface area contributed by atoms with Gasteiger partial charge >= 0.3 is 0 Å². The molecule has 0 radical (unpaired) electrons. The van der Waals surface area contributed by atoms with E-state index < -0.39 is 0 Å². The van der Waals surface area contributed by atoms with Crippen LogP contribution in [0, 0.1) is 5.82 Å². The van der Waals surface area contributed by atoms with E-state index in [1.165, 1.54) is 12.1 Å². The highest BCUT2D eigenvalue weighted by molar-refractivity contribution is 5.52. The quantitative estimate of drug-likeness (QED) is 0.925. The first-order valence-corrected chi connectivity index (χ1v) is 6.77. The molecule has 0 aliphatic carbocycles. The molecule has 2 heterocycles. The maximum atomic E-state index is 12.9. The first-order chi connectivity index (χ1) is 9.70. The van der Waals surface area contributed by atoms with Gasteiger partial charge in [-0.25, -0.2) is 4.39 Å². The lowest BCUT2D eigenvalue weighted by Gasteiger charge is -2.29. The number of likely N-dealkylation sites (tertiary alicyclic amines) is 1. The fourth-order valence-electron chi connectivity index (χ4n) is 2.46. The average molecular weight is 276 g/mol. The van der Waals surface area contributed by atoms with E-state index >= 15 is 0 Å². The van der Waals surface area contributed by atoms with E-state index in [1.54, 1.807) is 12.1 Å². The smallest absolute Gasteiger partial charge is 0.257 e. The van der Waals surface area contributed by atoms with Crippen molar-refractivity contribution in [2.75, 3.05) is 13.1 Å². The number of piperidine rings is 1. The van der Waals surface area contributed by atoms with E-state index in [1.807, 2.05) is 0 Å². The van der Waals surface area contributed by atoms with Gasteiger partial charge in [0.25, 0.3) is 5.89 Å². The molecule has 1 fully saturated rings. The lowest BCUT2D eigenvalue weighted by Crippen LogP contribution is -2.42. The van der Waals surface area contributed by atoms with Crippen LogP contribution in [0.25, 0.3) is 11.5 Å². The fourth-order valence-corrected chi connectivity index (χ4v) is 2.46. The molecular weight excluding hydrogens is 259 g/mol. The average Bonchev–Trinajstić information content (AvgIpc) is 2.88. The van der Waals surface area contributed by atoms with Gasteiger partial charge in [0, 0.05) is 18.2 Å². The molecule has 1 aromatic heterocycles. The van der Waals surface area contributed by atoms with Crippen molar-refractivity contribution in [3.05, 3.63) is 35.9 Å². The third kappa shape index (κ3) is 3.02. The van der Waals surface area contributed by atoms with Gasteiger partial charge in [0.2, 0.25) is 0 Å². The Bertz CT molecular complexity index is 569. The molecule has 1 aromatic carbocycles. The summed E-state index contributed by atoms with van der Waals surface area (Å²) < 4.78 is 18.1. The van der Waals surface area contributed by atoms with E-state index in [9.17, 15) is 4.39 Å². The van der Waals surface area contributed by atoms with Crippen LogP contribution >= 0.6 is 0 Å². The summed E-state index contributed by atoms with van der Waals surface area (Å²) in [6.45, 7) is 2.51. The Morgan fingerprint density at radius 3 is 2.90 bits per heavy atom. The maximum Gasteiger partial charge on any atom is 0.257 e. The van der Waals surface area contributed by atoms with Gasteiger partial charge in [-0.05, 0) is 43.7 Å². The number of halogens is 1. The molecule has 5 nitrogen and oxygen atoms in total. The Morgan fingerprint density at radius 1 is 1.35 bits per heavy atom. The monoisotopic (exact) mass is 276 g/mol. The minimum atomic E-state index is -0.282. The van der Waals surface area contributed by atoms with Crippen LogP contribution in [0.15, 0.2) is 28.8 Å². The molecule has 1 aliphatic heterocycles. The molecule has 3 rings (SSSR count). The largest absolute Gasteiger partial charge is 0.334 e. The van der Waals surface area contributed by atoms with Crippen LogP contribution in [0.1, 0.15) is 18.7 Å². The number of aromatic nitrogens is 2. The van der Waals surface area contributed by atoms with Gasteiger partial charge in [-0.2, -0.15) is 4.98 Å². The molecule has 1 aliphatic rings. The molecule has 2 aromatic rings. The summed E-state index contributed by atoms with van der Waals surface area (Å²) in [7, 11) is 0. The standard InChI is InChI=1S/C14H17FN4O/c15-11-5-3-10(4-6-11)14-17-13(18-20-14)9-19-7-1-2-12(16)8-19/h3-6,12H,1-2,7-9,16H2. The SMILES string of the molecule is NC1CCCN(Cc2noc(-c3ccc(F)cc3)n2)C1. The second kappa shape index (κ2) is 5.68. The Morgan fingerprint density at radius 2 is 2.15 bits per heavy atom. The van der Waals surface area contributed by atoms with E-state index in [4.69, 9.17) is 10.3 Å². The number of hydrogen-bond donors (Lipinski definition) is 1. The summed E-state index contributed by atoms with van der Waals surface area (Å²) in [5.74, 6) is 0.774. The van der Waals surface area contributed by atoms with Crippen molar-refractivity contribution >= 4 is 0 Å². The van der Waals surface area contributed by atoms with Gasteiger partial charge in [-0.1, -0.05) is 5.16 Å². The molecule has 1 atom stereocenters. The first-order valence-electron chi connectivity index (χ1n) is 6.77. The third-order valence-corrected chi connectivity index (χ3v) is 3.47. The Labute approximate surface area is 116 Å². The molecule has 0 bridgehead atoms. The highest BCUT2D eigenvalue weighted by atomic mass is 19.1. The summed E-state index contributed by atoms with van der Waals surface area (Å²) in [5, 5.41) is 3.97. The van der Waals surface area contributed by atoms with Crippen molar-refractivity contribution in [1.29, 1.82) is 0 Å². The molecule has 20 heavy (non-hydrogen) atoms. The van der Waals surface area contributed by atoms with Crippen molar-refractivity contribution in [3.63, 3.8) is 0 Å². The zero-order chi connectivity index (χ0) is 13.9. The van der Waals surface area contributed by atoms with Gasteiger partial charge < -0.3 is 10.3 Å². The lowest BCUT2D eigenvalue weighted by atomic mass is 10.1. The van der Waals surface area contributed by atoms with E-state index in [-0.39, 0.29) is 11.9 Å². The topological polar surface area (TPSA) is 68.2 Å². The lowest BCUT2D eigenvalue weighted by molar-refractivity contribution is 0.195. The molecule has 106 valence electrons. The summed E-state index contributed by atoms with van der Waals surface area (Å²) in [6.07, 6.45) is 2.17. The van der Waals surface area contributed by atoms with E-state index in [0.29, 0.717) is 18.3 Å². The summed E-state index contributed by atoms with van der Waals surface area (Å²) in [5.41, 5.74) is 6.67. The predicted molar refractivity (Wildman–Crippen MR) is 72.2 cm³/mol. The fraction of sp³-hybridized carbons (Fsp3) is 0.429. The van der Waals surface area contributed by atoms with Crippen molar-refractivity contribution in [2.24, 2.45) is 5.73 Å². The Hall–Kier alpha value is -1.79. The maximum absolute atomic E-state index is 12.9. The zero-order valence-electron chi connectivity index (χ0n) is 11.1. The van der Waals surface area contributed by atoms with Gasteiger partial charge in [-0.15, -0.1) is 0 Å². The van der Waals surface area contributed by atoms with Gasteiger partial charge in [-0.3, -0.25) is 4.90 Å². The van der Waals surface area contributed by atoms with Gasteiger partial charge in [0.15, 0.2) is 5.82 Å². The molecular formula is C14H17FN4O. The van der Waals surface area contributed by atoms with E-state index in [0.717, 1.165) is 31.5 Å². The van der Waals surface area contributed by atoms with Gasteiger partial charge in [0.1, 0.15) is 5.82 Å². The van der Waals surface area contributed by atoms with Crippen molar-refractivity contribution in [3.8, 4) is 11.5 Å². The number of benzene rings is 1. The minimum absolute atomic E-state index is 0.229. The molecule has 0 saturated carbocycles. The second-order valence-corrected chi connectivity index (χ2v) is 5.16. The molecule has 0 amide bonds. The number of rotatable bonds is 3. The highest BCUT2D eigenvalue weighted by Gasteiger charge is 2.19. The van der Waals surface area contributed by atoms with Crippen LogP contribution in [-0.4, -0.2) is 34.2 Å². The normalized spacial score (nSPS) is 20.2. The Kier molecular flexibility index (Phi) is 3.75. The number of nitrogens with two attached hydrogens (primary N) is 1. The predicted octanol–water partition coefficient (Wildman–Crippen LogP) is 1.80. The molecule has 2 N–H and O–H groups in total. The summed E-state index contributed by atoms with van der Waals surface area (Å²) in [6, 6.07) is 6.24. The van der Waals surface area contributed by atoms with Crippen molar-refractivity contribution in [1.82, 2.24) is 15.0 Å². The molecule has 6 heteroatoms. The third-order valence-electron chi connectivity index (χ3n) is 3.47. The van der Waals surface area contributed by atoms with Crippen LogP contribution in [0.5, 0.6) is 0 Å².